The van der Waals surface area contributed by atoms with Gasteiger partial charge in [-0.1, -0.05) is 41.9 Å². The smallest absolute Gasteiger partial charge is 0.191 e. The lowest BCUT2D eigenvalue weighted by Gasteiger charge is -2.17. The highest BCUT2D eigenvalue weighted by atomic mass is 35.5. The molecule has 2 aromatic heterocycles. The van der Waals surface area contributed by atoms with E-state index in [9.17, 15) is 0 Å². The van der Waals surface area contributed by atoms with Gasteiger partial charge in [-0.05, 0) is 55.3 Å². The number of pyridine rings is 1. The highest BCUT2D eigenvalue weighted by molar-refractivity contribution is 6.29. The van der Waals surface area contributed by atoms with Crippen molar-refractivity contribution >= 4 is 17.6 Å². The summed E-state index contributed by atoms with van der Waals surface area (Å²) in [6.07, 6.45) is 4.37. The molecule has 2 N–H and O–H groups in total. The summed E-state index contributed by atoms with van der Waals surface area (Å²) in [6, 6.07) is 16.2. The minimum atomic E-state index is 0.514. The van der Waals surface area contributed by atoms with Gasteiger partial charge in [-0.15, -0.1) is 0 Å². The molecule has 0 unspecified atom stereocenters. The fourth-order valence-electron chi connectivity index (χ4n) is 3.27. The van der Waals surface area contributed by atoms with E-state index < -0.39 is 0 Å². The van der Waals surface area contributed by atoms with Crippen molar-refractivity contribution in [1.29, 1.82) is 0 Å². The van der Waals surface area contributed by atoms with Crippen LogP contribution in [0.15, 0.2) is 70.4 Å². The van der Waals surface area contributed by atoms with Gasteiger partial charge < -0.3 is 15.1 Å². The maximum atomic E-state index is 5.85. The standard InChI is InChI=1S/C24H30ClN5O/c1-3-26-24(27-13-12-19-10-11-23(25)28-15-19)29-16-20-7-4-5-8-21(20)17-30(2)18-22-9-6-14-31-22/h4-11,14-15H,3,12-13,16-18H2,1-2H3,(H2,26,27,29). The van der Waals surface area contributed by atoms with Crippen LogP contribution in [0.2, 0.25) is 5.15 Å². The number of halogens is 1. The zero-order valence-electron chi connectivity index (χ0n) is 18.1. The zero-order valence-corrected chi connectivity index (χ0v) is 18.9. The average molecular weight is 440 g/mol. The maximum Gasteiger partial charge on any atom is 0.191 e. The van der Waals surface area contributed by atoms with E-state index in [2.05, 4.69) is 58.8 Å². The van der Waals surface area contributed by atoms with Crippen molar-refractivity contribution in [2.45, 2.75) is 33.0 Å². The highest BCUT2D eigenvalue weighted by Crippen LogP contribution is 2.14. The molecule has 0 amide bonds. The summed E-state index contributed by atoms with van der Waals surface area (Å²) in [7, 11) is 2.10. The molecule has 0 spiro atoms. The van der Waals surface area contributed by atoms with E-state index >= 15 is 0 Å². The average Bonchev–Trinajstić information content (AvgIpc) is 3.27. The quantitative estimate of drug-likeness (QED) is 0.281. The zero-order chi connectivity index (χ0) is 21.9. The molecule has 0 bridgehead atoms. The van der Waals surface area contributed by atoms with Crippen molar-refractivity contribution in [2.24, 2.45) is 4.99 Å². The SMILES string of the molecule is CCNC(=NCc1ccccc1CN(C)Cc1ccco1)NCCc1ccc(Cl)nc1. The van der Waals surface area contributed by atoms with E-state index in [1.54, 1.807) is 6.26 Å². The van der Waals surface area contributed by atoms with Gasteiger partial charge in [-0.2, -0.15) is 0 Å². The third-order valence-corrected chi connectivity index (χ3v) is 5.03. The van der Waals surface area contributed by atoms with Crippen LogP contribution in [-0.4, -0.2) is 36.0 Å². The van der Waals surface area contributed by atoms with Crippen LogP contribution in [0.5, 0.6) is 0 Å². The molecule has 0 saturated heterocycles. The molecule has 3 rings (SSSR count). The summed E-state index contributed by atoms with van der Waals surface area (Å²) >= 11 is 5.85. The number of hydrogen-bond acceptors (Lipinski definition) is 4. The molecule has 0 saturated carbocycles. The van der Waals surface area contributed by atoms with Crippen LogP contribution >= 0.6 is 11.6 Å². The molecule has 6 nitrogen and oxygen atoms in total. The van der Waals surface area contributed by atoms with Gasteiger partial charge in [0, 0.05) is 25.8 Å². The number of nitrogens with zero attached hydrogens (tertiary/aromatic N) is 3. The lowest BCUT2D eigenvalue weighted by molar-refractivity contribution is 0.287. The van der Waals surface area contributed by atoms with Crippen molar-refractivity contribution in [1.82, 2.24) is 20.5 Å². The number of aromatic nitrogens is 1. The Hall–Kier alpha value is -2.83. The van der Waals surface area contributed by atoms with Crippen molar-refractivity contribution in [3.63, 3.8) is 0 Å². The van der Waals surface area contributed by atoms with Crippen molar-refractivity contribution in [3.8, 4) is 0 Å². The Morgan fingerprint density at radius 3 is 2.61 bits per heavy atom. The van der Waals surface area contributed by atoms with Crippen LogP contribution in [0.1, 0.15) is 29.4 Å². The molecule has 0 aliphatic rings. The van der Waals surface area contributed by atoms with Crippen LogP contribution in [0.25, 0.3) is 0 Å². The van der Waals surface area contributed by atoms with E-state index in [4.69, 9.17) is 21.0 Å². The van der Waals surface area contributed by atoms with E-state index in [0.717, 1.165) is 49.9 Å². The Balaban J connectivity index is 1.57. The van der Waals surface area contributed by atoms with Gasteiger partial charge in [0.1, 0.15) is 10.9 Å². The molecule has 0 aliphatic heterocycles. The number of rotatable bonds is 10. The largest absolute Gasteiger partial charge is 0.468 e. The fraction of sp³-hybridized carbons (Fsp3) is 0.333. The third-order valence-electron chi connectivity index (χ3n) is 4.81. The van der Waals surface area contributed by atoms with Gasteiger partial charge in [-0.25, -0.2) is 9.98 Å². The van der Waals surface area contributed by atoms with E-state index in [0.29, 0.717) is 11.7 Å². The normalized spacial score (nSPS) is 11.7. The van der Waals surface area contributed by atoms with Crippen LogP contribution in [0.4, 0.5) is 0 Å². The van der Waals surface area contributed by atoms with Crippen molar-refractivity contribution < 1.29 is 4.42 Å². The summed E-state index contributed by atoms with van der Waals surface area (Å²) in [5, 5.41) is 7.23. The number of furan rings is 1. The molecule has 0 fully saturated rings. The molecule has 31 heavy (non-hydrogen) atoms. The van der Waals surface area contributed by atoms with Gasteiger partial charge >= 0.3 is 0 Å². The second-order valence-corrected chi connectivity index (χ2v) is 7.77. The van der Waals surface area contributed by atoms with Gasteiger partial charge in [0.25, 0.3) is 0 Å². The summed E-state index contributed by atoms with van der Waals surface area (Å²) in [5.74, 6) is 1.77. The second kappa shape index (κ2) is 12.1. The Bertz CT molecular complexity index is 941. The number of nitrogens with one attached hydrogen (secondary N) is 2. The molecule has 2 heterocycles. The van der Waals surface area contributed by atoms with Crippen LogP contribution < -0.4 is 10.6 Å². The van der Waals surface area contributed by atoms with Crippen molar-refractivity contribution in [3.05, 3.63) is 88.6 Å². The van der Waals surface area contributed by atoms with E-state index in [-0.39, 0.29) is 0 Å². The molecule has 0 radical (unpaired) electrons. The van der Waals surface area contributed by atoms with Crippen molar-refractivity contribution in [2.75, 3.05) is 20.1 Å². The molecule has 0 atom stereocenters. The first-order chi connectivity index (χ1) is 15.1. The Kier molecular flexibility index (Phi) is 8.94. The molecule has 164 valence electrons. The minimum Gasteiger partial charge on any atom is -0.468 e. The number of aliphatic imine (C=N–C) groups is 1. The predicted molar refractivity (Wildman–Crippen MR) is 126 cm³/mol. The first-order valence-electron chi connectivity index (χ1n) is 10.5. The van der Waals surface area contributed by atoms with E-state index in [1.807, 2.05) is 30.5 Å². The Morgan fingerprint density at radius 1 is 1.06 bits per heavy atom. The van der Waals surface area contributed by atoms with Gasteiger partial charge in [0.15, 0.2) is 5.96 Å². The second-order valence-electron chi connectivity index (χ2n) is 7.38. The lowest BCUT2D eigenvalue weighted by atomic mass is 10.1. The van der Waals surface area contributed by atoms with Gasteiger partial charge in [-0.3, -0.25) is 4.90 Å². The first kappa shape index (κ1) is 22.8. The summed E-state index contributed by atoms with van der Waals surface area (Å²) < 4.78 is 5.46. The molecular formula is C24H30ClN5O. The monoisotopic (exact) mass is 439 g/mol. The highest BCUT2D eigenvalue weighted by Gasteiger charge is 2.08. The van der Waals surface area contributed by atoms with Crippen LogP contribution in [-0.2, 0) is 26.1 Å². The number of hydrogen-bond donors (Lipinski definition) is 2. The number of benzene rings is 1. The Labute approximate surface area is 189 Å². The molecule has 3 aromatic rings. The van der Waals surface area contributed by atoms with E-state index in [1.165, 1.54) is 11.1 Å². The van der Waals surface area contributed by atoms with Crippen LogP contribution in [0.3, 0.4) is 0 Å². The maximum absolute atomic E-state index is 5.85. The first-order valence-corrected chi connectivity index (χ1v) is 10.9. The Morgan fingerprint density at radius 2 is 1.90 bits per heavy atom. The van der Waals surface area contributed by atoms with Gasteiger partial charge in [0.05, 0.1) is 19.4 Å². The number of guanidine groups is 1. The topological polar surface area (TPSA) is 65.7 Å². The predicted octanol–water partition coefficient (Wildman–Crippen LogP) is 4.26. The molecule has 1 aromatic carbocycles. The molecule has 7 heteroatoms. The summed E-state index contributed by atoms with van der Waals surface area (Å²) in [5.41, 5.74) is 3.62. The van der Waals surface area contributed by atoms with Gasteiger partial charge in [0.2, 0.25) is 0 Å². The molecule has 0 aliphatic carbocycles. The summed E-state index contributed by atoms with van der Waals surface area (Å²) in [4.78, 5) is 11.2. The third kappa shape index (κ3) is 7.74. The minimum absolute atomic E-state index is 0.514. The lowest BCUT2D eigenvalue weighted by Crippen LogP contribution is -2.38. The fourth-order valence-corrected chi connectivity index (χ4v) is 3.38. The van der Waals surface area contributed by atoms with Crippen LogP contribution in [0, 0.1) is 0 Å². The summed E-state index contributed by atoms with van der Waals surface area (Å²) in [6.45, 7) is 5.86. The molecular weight excluding hydrogens is 410 g/mol.